The van der Waals surface area contributed by atoms with E-state index in [1.54, 1.807) is 20.8 Å². The van der Waals surface area contributed by atoms with Gasteiger partial charge in [-0.15, -0.1) is 0 Å². The highest BCUT2D eigenvalue weighted by molar-refractivity contribution is 5.96. The van der Waals surface area contributed by atoms with Gasteiger partial charge in [0, 0.05) is 0 Å². The van der Waals surface area contributed by atoms with Crippen molar-refractivity contribution in [3.05, 3.63) is 29.3 Å². The summed E-state index contributed by atoms with van der Waals surface area (Å²) in [7, 11) is 0. The number of alkyl halides is 3. The lowest BCUT2D eigenvalue weighted by atomic mass is 9.81. The van der Waals surface area contributed by atoms with Gasteiger partial charge in [-0.3, -0.25) is 15.1 Å². The van der Waals surface area contributed by atoms with Crippen LogP contribution in [0.5, 0.6) is 0 Å². The van der Waals surface area contributed by atoms with E-state index in [0.29, 0.717) is 28.1 Å². The highest BCUT2D eigenvalue weighted by atomic mass is 19.4. The fraction of sp³-hybridized carbons (Fsp3) is 0.655. The molecule has 0 bridgehead atoms. The molecule has 2 rings (SSSR count). The third-order valence-electron chi connectivity index (χ3n) is 5.55. The molecule has 0 heterocycles. The number of anilines is 1. The molecule has 1 aliphatic carbocycles. The summed E-state index contributed by atoms with van der Waals surface area (Å²) in [5, 5.41) is 15.4. The van der Waals surface area contributed by atoms with Crippen LogP contribution in [0.25, 0.3) is 0 Å². The number of carbonyl (C=O) groups excluding carboxylic acids is 2. The molecule has 3 N–H and O–H groups in total. The van der Waals surface area contributed by atoms with Gasteiger partial charge in [-0.1, -0.05) is 61.8 Å². The van der Waals surface area contributed by atoms with Crippen LogP contribution >= 0.6 is 0 Å². The lowest BCUT2D eigenvalue weighted by molar-refractivity contribution is -0.137. The van der Waals surface area contributed by atoms with Crippen molar-refractivity contribution in [1.29, 1.82) is 10.7 Å². The van der Waals surface area contributed by atoms with Crippen LogP contribution in [0.3, 0.4) is 0 Å². The van der Waals surface area contributed by atoms with Gasteiger partial charge in [-0.2, -0.15) is 18.4 Å². The molecule has 1 fully saturated rings. The van der Waals surface area contributed by atoms with Crippen molar-refractivity contribution < 1.29 is 27.5 Å². The van der Waals surface area contributed by atoms with Gasteiger partial charge >= 0.3 is 12.3 Å². The van der Waals surface area contributed by atoms with E-state index in [0.717, 1.165) is 12.1 Å². The molecular formula is C29H49F3N4O3. The Morgan fingerprint density at radius 1 is 1.15 bits per heavy atom. The molecule has 1 saturated carbocycles. The van der Waals surface area contributed by atoms with Gasteiger partial charge in [-0.25, -0.2) is 4.79 Å². The standard InChI is InChI=1S/C10H6F3N3O.C10H20.C5H11NO2.2C2H6/c11-10(12,13)9-3-8(16(5-15)6-17)2-1-7(9)4-14;1-5-10(4)7-6-9(2,3)8-10;1-5(2,3)8-4(6)7;2*1-2/h1-3,5-6,15H;5-8H2,1-4H3;1-3H3,(H2,6,7);2*1-2H3. The largest absolute Gasteiger partial charge is 0.444 e. The van der Waals surface area contributed by atoms with E-state index in [2.05, 4.69) is 32.4 Å². The molecule has 0 aromatic heterocycles. The van der Waals surface area contributed by atoms with Gasteiger partial charge in [0.1, 0.15) is 5.60 Å². The van der Waals surface area contributed by atoms with Crippen LogP contribution in [0.1, 0.15) is 113 Å². The molecule has 39 heavy (non-hydrogen) atoms. The zero-order valence-corrected chi connectivity index (χ0v) is 25.5. The molecule has 2 amide bonds. The summed E-state index contributed by atoms with van der Waals surface area (Å²) >= 11 is 0. The summed E-state index contributed by atoms with van der Waals surface area (Å²) in [6.07, 6.45) is 1.03. The molecule has 0 radical (unpaired) electrons. The fourth-order valence-electron chi connectivity index (χ4n) is 3.77. The smallest absolute Gasteiger partial charge is 0.417 e. The van der Waals surface area contributed by atoms with Crippen molar-refractivity contribution in [2.45, 2.75) is 114 Å². The van der Waals surface area contributed by atoms with Crippen LogP contribution in [0, 0.1) is 27.6 Å². The average molecular weight is 559 g/mol. The van der Waals surface area contributed by atoms with Gasteiger partial charge in [0.2, 0.25) is 6.41 Å². The van der Waals surface area contributed by atoms with Crippen LogP contribution in [-0.4, -0.2) is 24.4 Å². The number of rotatable bonds is 4. The minimum absolute atomic E-state index is 0.124. The van der Waals surface area contributed by atoms with Crippen LogP contribution < -0.4 is 10.6 Å². The average Bonchev–Trinajstić information content (AvgIpc) is 3.14. The summed E-state index contributed by atoms with van der Waals surface area (Å²) in [6.45, 7) is 22.8. The van der Waals surface area contributed by atoms with Crippen molar-refractivity contribution in [2.75, 3.05) is 4.90 Å². The van der Waals surface area contributed by atoms with E-state index in [9.17, 15) is 22.8 Å². The first kappa shape index (κ1) is 40.4. The topological polar surface area (TPSA) is 120 Å². The Morgan fingerprint density at radius 2 is 1.67 bits per heavy atom. The molecule has 224 valence electrons. The maximum Gasteiger partial charge on any atom is 0.417 e. The maximum atomic E-state index is 12.6. The summed E-state index contributed by atoms with van der Waals surface area (Å²) in [4.78, 5) is 21.2. The second-order valence-electron chi connectivity index (χ2n) is 10.5. The Bertz CT molecular complexity index is 912. The SMILES string of the molecule is CC.CC.CC(C)(C)OC(N)=O.CCC1(C)CCC(C)(C)C1.N#Cc1ccc(N(C=N)C=O)cc1C(F)(F)F. The number of nitrogens with zero attached hydrogens (tertiary/aromatic N) is 2. The predicted molar refractivity (Wildman–Crippen MR) is 153 cm³/mol. The molecule has 1 aromatic carbocycles. The molecule has 1 aliphatic rings. The number of benzene rings is 1. The van der Waals surface area contributed by atoms with Gasteiger partial charge in [0.05, 0.1) is 29.2 Å². The normalized spacial score (nSPS) is 16.9. The number of primary amides is 1. The predicted octanol–water partition coefficient (Wildman–Crippen LogP) is 8.69. The Labute approximate surface area is 233 Å². The zero-order chi connectivity index (χ0) is 31.7. The van der Waals surface area contributed by atoms with Crippen molar-refractivity contribution >= 4 is 24.5 Å². The Morgan fingerprint density at radius 3 is 1.90 bits per heavy atom. The zero-order valence-electron chi connectivity index (χ0n) is 25.5. The van der Waals surface area contributed by atoms with Crippen LogP contribution in [0.15, 0.2) is 18.2 Å². The third kappa shape index (κ3) is 17.2. The fourth-order valence-corrected chi connectivity index (χ4v) is 3.77. The lowest BCUT2D eigenvalue weighted by Crippen LogP contribution is -2.27. The number of carbonyl (C=O) groups is 2. The van der Waals surface area contributed by atoms with Gasteiger partial charge in [0.25, 0.3) is 0 Å². The Kier molecular flexibility index (Phi) is 18.9. The number of hydrogen-bond acceptors (Lipinski definition) is 5. The third-order valence-corrected chi connectivity index (χ3v) is 5.55. The van der Waals surface area contributed by atoms with Crippen molar-refractivity contribution in [3.8, 4) is 6.07 Å². The number of amides is 2. The summed E-state index contributed by atoms with van der Waals surface area (Å²) in [5.74, 6) is 0. The molecule has 1 aromatic rings. The lowest BCUT2D eigenvalue weighted by Gasteiger charge is -2.24. The number of hydrogen-bond donors (Lipinski definition) is 2. The molecule has 10 heteroatoms. The Balaban J connectivity index is -0.000000503. The first-order valence-corrected chi connectivity index (χ1v) is 13.2. The summed E-state index contributed by atoms with van der Waals surface area (Å²) < 4.78 is 42.3. The molecule has 0 aliphatic heterocycles. The number of nitriles is 1. The maximum absolute atomic E-state index is 12.6. The molecule has 1 unspecified atom stereocenters. The van der Waals surface area contributed by atoms with Crippen LogP contribution in [0.4, 0.5) is 23.7 Å². The molecule has 7 nitrogen and oxygen atoms in total. The van der Waals surface area contributed by atoms with E-state index < -0.39 is 29.0 Å². The van der Waals surface area contributed by atoms with Crippen LogP contribution in [-0.2, 0) is 15.7 Å². The number of nitrogens with one attached hydrogen (secondary N) is 1. The first-order chi connectivity index (χ1) is 17.8. The van der Waals surface area contributed by atoms with Gasteiger partial charge in [0.15, 0.2) is 0 Å². The highest BCUT2D eigenvalue weighted by Crippen LogP contribution is 2.50. The monoisotopic (exact) mass is 558 g/mol. The minimum Gasteiger partial charge on any atom is -0.444 e. The van der Waals surface area contributed by atoms with Crippen LogP contribution in [0.2, 0.25) is 0 Å². The minimum atomic E-state index is -4.68. The van der Waals surface area contributed by atoms with Crippen molar-refractivity contribution in [1.82, 2.24) is 0 Å². The molecular weight excluding hydrogens is 509 g/mol. The molecule has 1 atom stereocenters. The van der Waals surface area contributed by atoms with E-state index in [4.69, 9.17) is 16.4 Å². The molecule has 0 spiro atoms. The molecule has 0 saturated heterocycles. The highest BCUT2D eigenvalue weighted by Gasteiger charge is 2.38. The second kappa shape index (κ2) is 18.2. The quantitative estimate of drug-likeness (QED) is 0.218. The summed E-state index contributed by atoms with van der Waals surface area (Å²) in [6, 6.07) is 4.19. The van der Waals surface area contributed by atoms with Gasteiger partial charge in [-0.05, 0) is 69.1 Å². The van der Waals surface area contributed by atoms with Gasteiger partial charge < -0.3 is 10.5 Å². The van der Waals surface area contributed by atoms with E-state index in [-0.39, 0.29) is 12.1 Å². The number of nitrogens with two attached hydrogens (primary N) is 1. The number of ether oxygens (including phenoxy) is 1. The number of halogens is 3. The van der Waals surface area contributed by atoms with Crippen molar-refractivity contribution in [3.63, 3.8) is 0 Å². The van der Waals surface area contributed by atoms with E-state index in [1.165, 1.54) is 31.8 Å². The summed E-state index contributed by atoms with van der Waals surface area (Å²) in [5.41, 5.74) is 3.78. The Hall–Kier alpha value is -3.09. The second-order valence-corrected chi connectivity index (χ2v) is 10.5. The van der Waals surface area contributed by atoms with Crippen molar-refractivity contribution in [2.24, 2.45) is 16.6 Å². The first-order valence-electron chi connectivity index (χ1n) is 13.2. The van der Waals surface area contributed by atoms with E-state index >= 15 is 0 Å². The van der Waals surface area contributed by atoms with E-state index in [1.807, 2.05) is 27.7 Å².